The molecule has 0 bridgehead atoms. The molecule has 2 nitrogen and oxygen atoms in total. The quantitative estimate of drug-likeness (QED) is 0.772. The molecule has 0 aliphatic carbocycles. The summed E-state index contributed by atoms with van der Waals surface area (Å²) in [4.78, 5) is 2.58. The number of nitrogens with zero attached hydrogens (tertiary/aromatic N) is 1. The predicted octanol–water partition coefficient (Wildman–Crippen LogP) is 4.08. The first-order valence-electron chi connectivity index (χ1n) is 7.56. The van der Waals surface area contributed by atoms with E-state index < -0.39 is 0 Å². The highest BCUT2D eigenvalue weighted by atomic mass is 79.9. The fourth-order valence-corrected chi connectivity index (χ4v) is 2.71. The Bertz CT molecular complexity index is 386. The molecule has 20 heavy (non-hydrogen) atoms. The molecule has 0 heterocycles. The maximum Gasteiger partial charge on any atom is 0.0175 e. The van der Waals surface area contributed by atoms with Crippen molar-refractivity contribution >= 4 is 15.9 Å². The summed E-state index contributed by atoms with van der Waals surface area (Å²) in [5.41, 5.74) is 7.47. The van der Waals surface area contributed by atoms with Gasteiger partial charge in [-0.1, -0.05) is 48.8 Å². The van der Waals surface area contributed by atoms with Crippen LogP contribution in [-0.4, -0.2) is 30.6 Å². The molecular weight excluding hydrogens is 312 g/mol. The van der Waals surface area contributed by atoms with Crippen molar-refractivity contribution in [3.63, 3.8) is 0 Å². The molecule has 3 heteroatoms. The van der Waals surface area contributed by atoms with E-state index in [-0.39, 0.29) is 5.41 Å². The van der Waals surface area contributed by atoms with Gasteiger partial charge in [0.15, 0.2) is 0 Å². The Labute approximate surface area is 132 Å². The molecule has 0 aromatic heterocycles. The van der Waals surface area contributed by atoms with Crippen LogP contribution in [0.5, 0.6) is 0 Å². The third-order valence-corrected chi connectivity index (χ3v) is 4.29. The highest BCUT2D eigenvalue weighted by Crippen LogP contribution is 2.19. The van der Waals surface area contributed by atoms with Crippen molar-refractivity contribution in [2.75, 3.05) is 19.6 Å². The largest absolute Gasteiger partial charge is 0.330 e. The second kappa shape index (κ2) is 8.16. The van der Waals surface area contributed by atoms with Crippen molar-refractivity contribution in [2.24, 2.45) is 11.1 Å². The van der Waals surface area contributed by atoms with Crippen LogP contribution in [-0.2, 0) is 6.42 Å². The van der Waals surface area contributed by atoms with E-state index in [1.165, 1.54) is 12.0 Å². The van der Waals surface area contributed by atoms with Crippen molar-refractivity contribution in [3.8, 4) is 0 Å². The van der Waals surface area contributed by atoms with Gasteiger partial charge in [0.05, 0.1) is 0 Å². The van der Waals surface area contributed by atoms with Crippen LogP contribution in [0.2, 0.25) is 0 Å². The van der Waals surface area contributed by atoms with Gasteiger partial charge in [0, 0.05) is 17.1 Å². The highest BCUT2D eigenvalue weighted by Gasteiger charge is 2.23. The minimum Gasteiger partial charge on any atom is -0.330 e. The molecule has 1 rings (SSSR count). The van der Waals surface area contributed by atoms with Crippen LogP contribution in [0, 0.1) is 5.41 Å². The molecule has 0 amide bonds. The van der Waals surface area contributed by atoms with Crippen molar-refractivity contribution in [2.45, 2.75) is 46.6 Å². The smallest absolute Gasteiger partial charge is 0.0175 e. The minimum atomic E-state index is 0.184. The van der Waals surface area contributed by atoms with Gasteiger partial charge in [0.25, 0.3) is 0 Å². The average Bonchev–Trinajstić information content (AvgIpc) is 2.40. The van der Waals surface area contributed by atoms with Crippen LogP contribution in [0.25, 0.3) is 0 Å². The van der Waals surface area contributed by atoms with Gasteiger partial charge in [-0.3, -0.25) is 4.90 Å². The first-order chi connectivity index (χ1) is 9.38. The Morgan fingerprint density at radius 2 is 1.85 bits per heavy atom. The first kappa shape index (κ1) is 17.7. The van der Waals surface area contributed by atoms with Gasteiger partial charge in [-0.15, -0.1) is 0 Å². The van der Waals surface area contributed by atoms with Crippen LogP contribution in [0.4, 0.5) is 0 Å². The summed E-state index contributed by atoms with van der Waals surface area (Å²) in [6, 6.07) is 9.20. The third kappa shape index (κ3) is 5.94. The topological polar surface area (TPSA) is 29.3 Å². The molecule has 0 saturated heterocycles. The molecule has 1 aromatic rings. The van der Waals surface area contributed by atoms with Crippen LogP contribution < -0.4 is 5.73 Å². The lowest BCUT2D eigenvalue weighted by atomic mass is 9.91. The summed E-state index contributed by atoms with van der Waals surface area (Å²) in [5.74, 6) is 0. The molecule has 0 spiro atoms. The van der Waals surface area contributed by atoms with Crippen molar-refractivity contribution in [3.05, 3.63) is 34.3 Å². The summed E-state index contributed by atoms with van der Waals surface area (Å²) in [6.07, 6.45) is 2.28. The van der Waals surface area contributed by atoms with E-state index in [9.17, 15) is 0 Å². The Morgan fingerprint density at radius 1 is 1.25 bits per heavy atom. The van der Waals surface area contributed by atoms with E-state index in [1.807, 2.05) is 0 Å². The Hall–Kier alpha value is -0.380. The normalized spacial score (nSPS) is 13.8. The van der Waals surface area contributed by atoms with Gasteiger partial charge in [-0.2, -0.15) is 0 Å². The fraction of sp³-hybridized carbons (Fsp3) is 0.647. The molecule has 0 aliphatic rings. The van der Waals surface area contributed by atoms with E-state index in [2.05, 4.69) is 72.8 Å². The second-order valence-electron chi connectivity index (χ2n) is 6.52. The number of hydrogen-bond donors (Lipinski definition) is 1. The van der Waals surface area contributed by atoms with Crippen LogP contribution in [0.15, 0.2) is 28.7 Å². The monoisotopic (exact) mass is 340 g/mol. The lowest BCUT2D eigenvalue weighted by molar-refractivity contribution is 0.140. The van der Waals surface area contributed by atoms with Crippen molar-refractivity contribution in [1.29, 1.82) is 0 Å². The molecule has 1 atom stereocenters. The fourth-order valence-electron chi connectivity index (χ4n) is 2.45. The van der Waals surface area contributed by atoms with Crippen LogP contribution in [0.3, 0.4) is 0 Å². The lowest BCUT2D eigenvalue weighted by Crippen LogP contribution is -2.44. The average molecular weight is 341 g/mol. The van der Waals surface area contributed by atoms with Gasteiger partial charge in [0.2, 0.25) is 0 Å². The lowest BCUT2D eigenvalue weighted by Gasteiger charge is -2.36. The van der Waals surface area contributed by atoms with E-state index in [0.29, 0.717) is 6.04 Å². The van der Waals surface area contributed by atoms with E-state index in [1.54, 1.807) is 0 Å². The van der Waals surface area contributed by atoms with Crippen molar-refractivity contribution < 1.29 is 0 Å². The maximum absolute atomic E-state index is 5.89. The number of nitrogens with two attached hydrogens (primary N) is 1. The zero-order valence-corrected chi connectivity index (χ0v) is 14.9. The summed E-state index contributed by atoms with van der Waals surface area (Å²) in [6.45, 7) is 12.0. The zero-order chi connectivity index (χ0) is 15.2. The standard InChI is InChI=1S/C17H29BrN2/c1-5-10-20(13-17(3,4)12-19)14(2)11-15-6-8-16(18)9-7-15/h6-9,14H,5,10-13,19H2,1-4H3. The van der Waals surface area contributed by atoms with Crippen molar-refractivity contribution in [1.82, 2.24) is 4.90 Å². The Balaban J connectivity index is 2.68. The van der Waals surface area contributed by atoms with E-state index in [0.717, 1.165) is 30.5 Å². The summed E-state index contributed by atoms with van der Waals surface area (Å²) >= 11 is 3.49. The van der Waals surface area contributed by atoms with Gasteiger partial charge in [-0.05, 0) is 56.0 Å². The van der Waals surface area contributed by atoms with E-state index in [4.69, 9.17) is 5.73 Å². The molecule has 0 aliphatic heterocycles. The number of benzene rings is 1. The maximum atomic E-state index is 5.89. The molecular formula is C17H29BrN2. The molecule has 1 aromatic carbocycles. The molecule has 114 valence electrons. The number of rotatable bonds is 8. The van der Waals surface area contributed by atoms with E-state index >= 15 is 0 Å². The number of halogens is 1. The first-order valence-corrected chi connectivity index (χ1v) is 8.36. The van der Waals surface area contributed by atoms with Crippen LogP contribution in [0.1, 0.15) is 39.7 Å². The van der Waals surface area contributed by atoms with Gasteiger partial charge < -0.3 is 5.73 Å². The highest BCUT2D eigenvalue weighted by molar-refractivity contribution is 9.10. The Kier molecular flexibility index (Phi) is 7.21. The zero-order valence-electron chi connectivity index (χ0n) is 13.3. The Morgan fingerprint density at radius 3 is 2.35 bits per heavy atom. The number of hydrogen-bond acceptors (Lipinski definition) is 2. The van der Waals surface area contributed by atoms with Gasteiger partial charge in [0.1, 0.15) is 0 Å². The predicted molar refractivity (Wildman–Crippen MR) is 92.0 cm³/mol. The molecule has 0 radical (unpaired) electrons. The SMILES string of the molecule is CCCN(CC(C)(C)CN)C(C)Cc1ccc(Br)cc1. The summed E-state index contributed by atoms with van der Waals surface area (Å²) in [5, 5.41) is 0. The summed E-state index contributed by atoms with van der Waals surface area (Å²) in [7, 11) is 0. The third-order valence-electron chi connectivity index (χ3n) is 3.76. The second-order valence-corrected chi connectivity index (χ2v) is 7.43. The molecule has 0 saturated carbocycles. The molecule has 0 fully saturated rings. The van der Waals surface area contributed by atoms with Gasteiger partial charge in [-0.25, -0.2) is 0 Å². The minimum absolute atomic E-state index is 0.184. The summed E-state index contributed by atoms with van der Waals surface area (Å²) < 4.78 is 1.14. The van der Waals surface area contributed by atoms with Crippen LogP contribution >= 0.6 is 15.9 Å². The van der Waals surface area contributed by atoms with Gasteiger partial charge >= 0.3 is 0 Å². The molecule has 1 unspecified atom stereocenters. The molecule has 2 N–H and O–H groups in total.